The highest BCUT2D eigenvalue weighted by Crippen LogP contribution is 2.28. The molecule has 5 nitrogen and oxygen atoms in total. The van der Waals surface area contributed by atoms with Crippen molar-refractivity contribution in [1.29, 1.82) is 0 Å². The number of allylic oxidation sites excluding steroid dienone is 1. The molecule has 0 aliphatic carbocycles. The van der Waals surface area contributed by atoms with E-state index < -0.39 is 0 Å². The molecule has 1 amide bonds. The summed E-state index contributed by atoms with van der Waals surface area (Å²) in [5.41, 5.74) is 2.03. The van der Waals surface area contributed by atoms with E-state index >= 15 is 0 Å². The number of ether oxygens (including phenoxy) is 2. The molecular formula is C19H19NO4. The van der Waals surface area contributed by atoms with Gasteiger partial charge in [-0.2, -0.15) is 0 Å². The minimum absolute atomic E-state index is 0.126. The van der Waals surface area contributed by atoms with Crippen LogP contribution in [0.1, 0.15) is 22.8 Å². The molecule has 5 heteroatoms. The predicted octanol–water partition coefficient (Wildman–Crippen LogP) is 3.56. The molecule has 1 N–H and O–H groups in total. The third-order valence-electron chi connectivity index (χ3n) is 3.32. The summed E-state index contributed by atoms with van der Waals surface area (Å²) in [5, 5.41) is 2.66. The van der Waals surface area contributed by atoms with Crippen molar-refractivity contribution in [3.05, 3.63) is 59.7 Å². The number of hydrogen-bond donors (Lipinski definition) is 1. The van der Waals surface area contributed by atoms with Crippen LogP contribution >= 0.6 is 0 Å². The Bertz CT molecular complexity index is 763. The molecule has 0 heterocycles. The smallest absolute Gasteiger partial charge is 0.221 e. The van der Waals surface area contributed by atoms with E-state index in [9.17, 15) is 9.59 Å². The Labute approximate surface area is 140 Å². The summed E-state index contributed by atoms with van der Waals surface area (Å²) in [6.45, 7) is 1.44. The van der Waals surface area contributed by atoms with E-state index in [1.165, 1.54) is 13.0 Å². The zero-order valence-corrected chi connectivity index (χ0v) is 13.8. The lowest BCUT2D eigenvalue weighted by molar-refractivity contribution is -0.114. The average Bonchev–Trinajstić information content (AvgIpc) is 2.59. The zero-order chi connectivity index (χ0) is 17.5. The molecule has 24 heavy (non-hydrogen) atoms. The van der Waals surface area contributed by atoms with Crippen molar-refractivity contribution >= 4 is 23.5 Å². The highest BCUT2D eigenvalue weighted by atomic mass is 16.5. The summed E-state index contributed by atoms with van der Waals surface area (Å²) in [4.78, 5) is 23.2. The van der Waals surface area contributed by atoms with Crippen LogP contribution in [-0.4, -0.2) is 25.9 Å². The fourth-order valence-corrected chi connectivity index (χ4v) is 2.15. The van der Waals surface area contributed by atoms with Crippen molar-refractivity contribution in [2.24, 2.45) is 0 Å². The normalized spacial score (nSPS) is 10.5. The van der Waals surface area contributed by atoms with Gasteiger partial charge < -0.3 is 14.8 Å². The third kappa shape index (κ3) is 4.46. The fraction of sp³-hybridized carbons (Fsp3) is 0.158. The molecule has 2 aromatic carbocycles. The molecule has 0 saturated heterocycles. The van der Waals surface area contributed by atoms with Crippen LogP contribution in [0.25, 0.3) is 6.08 Å². The highest BCUT2D eigenvalue weighted by Gasteiger charge is 2.05. The topological polar surface area (TPSA) is 64.6 Å². The summed E-state index contributed by atoms with van der Waals surface area (Å²) in [6, 6.07) is 12.1. The van der Waals surface area contributed by atoms with Gasteiger partial charge in [0.15, 0.2) is 17.3 Å². The molecule has 0 atom stereocenters. The van der Waals surface area contributed by atoms with E-state index in [1.54, 1.807) is 56.7 Å². The van der Waals surface area contributed by atoms with E-state index in [4.69, 9.17) is 9.47 Å². The Hall–Kier alpha value is -3.08. The first-order valence-corrected chi connectivity index (χ1v) is 7.35. The van der Waals surface area contributed by atoms with Gasteiger partial charge in [0, 0.05) is 18.2 Å². The standard InChI is InChI=1S/C19H19NO4/c1-13(21)20-16-8-6-15(7-9-16)17(22)10-4-14-5-11-18(23-2)19(12-14)24-3/h4-12H,1-3H3,(H,20,21). The molecule has 0 unspecified atom stereocenters. The van der Waals surface area contributed by atoms with E-state index in [1.807, 2.05) is 6.07 Å². The molecular weight excluding hydrogens is 306 g/mol. The lowest BCUT2D eigenvalue weighted by Crippen LogP contribution is -2.05. The summed E-state index contributed by atoms with van der Waals surface area (Å²) < 4.78 is 10.4. The molecule has 2 aromatic rings. The van der Waals surface area contributed by atoms with Crippen molar-refractivity contribution in [3.8, 4) is 11.5 Å². The van der Waals surface area contributed by atoms with Crippen LogP contribution in [0.15, 0.2) is 48.5 Å². The molecule has 0 spiro atoms. The maximum atomic E-state index is 12.2. The van der Waals surface area contributed by atoms with Gasteiger partial charge >= 0.3 is 0 Å². The number of amides is 1. The van der Waals surface area contributed by atoms with Gasteiger partial charge in [0.2, 0.25) is 5.91 Å². The second kappa shape index (κ2) is 7.97. The van der Waals surface area contributed by atoms with Crippen molar-refractivity contribution in [3.63, 3.8) is 0 Å². The highest BCUT2D eigenvalue weighted by molar-refractivity contribution is 6.07. The van der Waals surface area contributed by atoms with Crippen molar-refractivity contribution in [2.45, 2.75) is 6.92 Å². The van der Waals surface area contributed by atoms with Crippen LogP contribution in [0.4, 0.5) is 5.69 Å². The van der Waals surface area contributed by atoms with Gasteiger partial charge in [-0.3, -0.25) is 9.59 Å². The Morgan fingerprint density at radius 2 is 1.62 bits per heavy atom. The van der Waals surface area contributed by atoms with Gasteiger partial charge in [-0.25, -0.2) is 0 Å². The first kappa shape index (κ1) is 17.3. The van der Waals surface area contributed by atoms with Gasteiger partial charge in [0.05, 0.1) is 14.2 Å². The van der Waals surface area contributed by atoms with Crippen LogP contribution in [0, 0.1) is 0 Å². The monoisotopic (exact) mass is 325 g/mol. The number of nitrogens with one attached hydrogen (secondary N) is 1. The molecule has 124 valence electrons. The summed E-state index contributed by atoms with van der Waals surface area (Å²) in [5.74, 6) is 0.961. The number of hydrogen-bond acceptors (Lipinski definition) is 4. The van der Waals surface area contributed by atoms with E-state index in [0.717, 1.165) is 5.56 Å². The van der Waals surface area contributed by atoms with Crippen LogP contribution in [-0.2, 0) is 4.79 Å². The minimum atomic E-state index is -0.151. The molecule has 0 aliphatic rings. The largest absolute Gasteiger partial charge is 0.493 e. The minimum Gasteiger partial charge on any atom is -0.493 e. The fourth-order valence-electron chi connectivity index (χ4n) is 2.15. The molecule has 2 rings (SSSR count). The molecule has 0 saturated carbocycles. The van der Waals surface area contributed by atoms with E-state index in [-0.39, 0.29) is 11.7 Å². The number of methoxy groups -OCH3 is 2. The third-order valence-corrected chi connectivity index (χ3v) is 3.32. The molecule has 0 aromatic heterocycles. The summed E-state index contributed by atoms with van der Waals surface area (Å²) in [6.07, 6.45) is 3.21. The average molecular weight is 325 g/mol. The second-order valence-corrected chi connectivity index (χ2v) is 5.07. The number of benzene rings is 2. The van der Waals surface area contributed by atoms with Gasteiger partial charge in [-0.1, -0.05) is 12.1 Å². The Balaban J connectivity index is 2.11. The second-order valence-electron chi connectivity index (χ2n) is 5.07. The zero-order valence-electron chi connectivity index (χ0n) is 13.8. The van der Waals surface area contributed by atoms with Crippen LogP contribution in [0.5, 0.6) is 11.5 Å². The van der Waals surface area contributed by atoms with Gasteiger partial charge in [0.25, 0.3) is 0 Å². The maximum absolute atomic E-state index is 12.2. The van der Waals surface area contributed by atoms with Gasteiger partial charge in [-0.05, 0) is 48.0 Å². The number of carbonyl (C=O) groups excluding carboxylic acids is 2. The quantitative estimate of drug-likeness (QED) is 0.651. The van der Waals surface area contributed by atoms with Gasteiger partial charge in [0.1, 0.15) is 0 Å². The lowest BCUT2D eigenvalue weighted by atomic mass is 10.1. The number of rotatable bonds is 6. The number of carbonyl (C=O) groups is 2. The molecule has 0 bridgehead atoms. The lowest BCUT2D eigenvalue weighted by Gasteiger charge is -2.07. The summed E-state index contributed by atoms with van der Waals surface area (Å²) >= 11 is 0. The van der Waals surface area contributed by atoms with Crippen molar-refractivity contribution in [2.75, 3.05) is 19.5 Å². The maximum Gasteiger partial charge on any atom is 0.221 e. The van der Waals surface area contributed by atoms with Crippen LogP contribution < -0.4 is 14.8 Å². The number of ketones is 1. The van der Waals surface area contributed by atoms with Crippen LogP contribution in [0.3, 0.4) is 0 Å². The van der Waals surface area contributed by atoms with E-state index in [2.05, 4.69) is 5.32 Å². The van der Waals surface area contributed by atoms with Crippen molar-refractivity contribution < 1.29 is 19.1 Å². The van der Waals surface area contributed by atoms with Gasteiger partial charge in [-0.15, -0.1) is 0 Å². The SMILES string of the molecule is COc1ccc(C=CC(=O)c2ccc(NC(C)=O)cc2)cc1OC. The van der Waals surface area contributed by atoms with E-state index in [0.29, 0.717) is 22.7 Å². The first-order valence-electron chi connectivity index (χ1n) is 7.35. The Kier molecular flexibility index (Phi) is 5.73. The number of anilines is 1. The molecule has 0 fully saturated rings. The summed E-state index contributed by atoms with van der Waals surface area (Å²) in [7, 11) is 3.13. The van der Waals surface area contributed by atoms with Crippen molar-refractivity contribution in [1.82, 2.24) is 0 Å². The molecule has 0 aliphatic heterocycles. The first-order chi connectivity index (χ1) is 11.5. The Morgan fingerprint density at radius 1 is 0.958 bits per heavy atom. The Morgan fingerprint density at radius 3 is 2.21 bits per heavy atom. The predicted molar refractivity (Wildman–Crippen MR) is 93.7 cm³/mol. The molecule has 0 radical (unpaired) electrons. The van der Waals surface area contributed by atoms with Crippen LogP contribution in [0.2, 0.25) is 0 Å².